The summed E-state index contributed by atoms with van der Waals surface area (Å²) in [6.45, 7) is -0.0162. The maximum Gasteiger partial charge on any atom is 0.239 e. The van der Waals surface area contributed by atoms with Crippen LogP contribution in [0.3, 0.4) is 0 Å². The zero-order valence-electron chi connectivity index (χ0n) is 10.0. The topological polar surface area (TPSA) is 66.5 Å². The van der Waals surface area contributed by atoms with E-state index in [1.807, 2.05) is 0 Å². The molecule has 0 spiro atoms. The predicted molar refractivity (Wildman–Crippen MR) is 68.1 cm³/mol. The Labute approximate surface area is 110 Å². The number of para-hydroxylation sites is 1. The molecular weight excluding hydrogens is 271 g/mol. The molecule has 1 aromatic carbocycles. The highest BCUT2D eigenvalue weighted by atomic mass is 32.2. The molecule has 0 radical (unpaired) electrons. The van der Waals surface area contributed by atoms with E-state index < -0.39 is 21.7 Å². The van der Waals surface area contributed by atoms with E-state index >= 15 is 0 Å². The summed E-state index contributed by atoms with van der Waals surface area (Å²) in [6.07, 6.45) is 0. The largest absolute Gasteiger partial charge is 0.354 e. The van der Waals surface area contributed by atoms with Gasteiger partial charge in [0.05, 0.1) is 35.8 Å². The Morgan fingerprint density at radius 3 is 2.74 bits per heavy atom. The molecule has 7 heteroatoms. The average Bonchev–Trinajstić information content (AvgIpc) is 2.63. The van der Waals surface area contributed by atoms with Gasteiger partial charge in [0, 0.05) is 0 Å². The van der Waals surface area contributed by atoms with Crippen LogP contribution >= 0.6 is 0 Å². The van der Waals surface area contributed by atoms with Crippen molar-refractivity contribution in [2.45, 2.75) is 12.1 Å². The lowest BCUT2D eigenvalue weighted by Gasteiger charge is -2.38. The zero-order chi connectivity index (χ0) is 13.6. The molecule has 1 aromatic rings. The molecule has 0 bridgehead atoms. The van der Waals surface area contributed by atoms with Crippen molar-refractivity contribution in [3.8, 4) is 0 Å². The molecule has 2 heterocycles. The van der Waals surface area contributed by atoms with Crippen molar-refractivity contribution in [2.24, 2.45) is 0 Å². The highest BCUT2D eigenvalue weighted by Crippen LogP contribution is 2.28. The predicted octanol–water partition coefficient (Wildman–Crippen LogP) is -0.0725. The van der Waals surface area contributed by atoms with Crippen molar-refractivity contribution in [3.63, 3.8) is 0 Å². The number of halogens is 1. The summed E-state index contributed by atoms with van der Waals surface area (Å²) in [7, 11) is -3.18. The number of nitrogens with zero attached hydrogens (tertiary/aromatic N) is 1. The second-order valence-electron chi connectivity index (χ2n) is 4.90. The molecule has 0 aromatic heterocycles. The number of benzene rings is 1. The maximum atomic E-state index is 13.8. The number of anilines is 1. The van der Waals surface area contributed by atoms with Crippen molar-refractivity contribution in [3.05, 3.63) is 30.1 Å². The van der Waals surface area contributed by atoms with Crippen molar-refractivity contribution in [2.75, 3.05) is 23.0 Å². The Morgan fingerprint density at radius 1 is 1.26 bits per heavy atom. The lowest BCUT2D eigenvalue weighted by molar-refractivity contribution is -0.121. The fourth-order valence-electron chi connectivity index (χ4n) is 2.75. The average molecular weight is 284 g/mol. The lowest BCUT2D eigenvalue weighted by atomic mass is 10.1. The third-order valence-corrected chi connectivity index (χ3v) is 5.26. The van der Waals surface area contributed by atoms with Gasteiger partial charge < -0.3 is 10.2 Å². The molecule has 2 aliphatic heterocycles. The van der Waals surface area contributed by atoms with Gasteiger partial charge in [-0.3, -0.25) is 4.79 Å². The molecule has 0 unspecified atom stereocenters. The molecule has 0 aliphatic carbocycles. The molecule has 2 saturated heterocycles. The molecule has 102 valence electrons. The summed E-state index contributed by atoms with van der Waals surface area (Å²) in [5.74, 6) is -0.845. The Balaban J connectivity index is 2.01. The molecular formula is C12H13FN2O3S. The first-order valence-corrected chi connectivity index (χ1v) is 7.79. The summed E-state index contributed by atoms with van der Waals surface area (Å²) in [5, 5.41) is 2.67. The van der Waals surface area contributed by atoms with Gasteiger partial charge in [0.15, 0.2) is 9.84 Å². The Bertz CT molecular complexity index is 632. The molecule has 5 nitrogen and oxygen atoms in total. The molecule has 2 fully saturated rings. The van der Waals surface area contributed by atoms with Gasteiger partial charge in [0.1, 0.15) is 5.82 Å². The number of amides is 1. The van der Waals surface area contributed by atoms with Crippen LogP contribution in [0.4, 0.5) is 10.1 Å². The van der Waals surface area contributed by atoms with Crippen molar-refractivity contribution >= 4 is 21.4 Å². The van der Waals surface area contributed by atoms with E-state index in [1.165, 1.54) is 6.07 Å². The second-order valence-corrected chi connectivity index (χ2v) is 7.05. The lowest BCUT2D eigenvalue weighted by Crippen LogP contribution is -2.60. The van der Waals surface area contributed by atoms with E-state index in [0.717, 1.165) is 0 Å². The number of sulfone groups is 1. The minimum atomic E-state index is -3.18. The third-order valence-electron chi connectivity index (χ3n) is 3.55. The summed E-state index contributed by atoms with van der Waals surface area (Å²) in [5.41, 5.74) is 0.282. The van der Waals surface area contributed by atoms with Crippen LogP contribution in [0.25, 0.3) is 0 Å². The molecule has 2 atom stereocenters. The van der Waals surface area contributed by atoms with Gasteiger partial charge in [-0.2, -0.15) is 0 Å². The SMILES string of the molecule is O=C1CN(c2ccccc2F)[C@@H]2CS(=O)(=O)C[C@H]2N1. The van der Waals surface area contributed by atoms with Crippen molar-refractivity contribution in [1.82, 2.24) is 5.32 Å². The first kappa shape index (κ1) is 12.4. The maximum absolute atomic E-state index is 13.8. The fourth-order valence-corrected chi connectivity index (χ4v) is 4.67. The van der Waals surface area contributed by atoms with Crippen LogP contribution in [0.5, 0.6) is 0 Å². The van der Waals surface area contributed by atoms with E-state index in [2.05, 4.69) is 5.32 Å². The second kappa shape index (κ2) is 4.19. The van der Waals surface area contributed by atoms with Gasteiger partial charge >= 0.3 is 0 Å². The van der Waals surface area contributed by atoms with E-state index in [0.29, 0.717) is 0 Å². The standard InChI is InChI=1S/C12H13FN2O3S/c13-8-3-1-2-4-10(8)15-5-12(16)14-9-6-19(17,18)7-11(9)15/h1-4,9,11H,5-7H2,(H,14,16)/t9-,11-/m1/s1. The first-order chi connectivity index (χ1) is 8.96. The normalized spacial score (nSPS) is 28.9. The van der Waals surface area contributed by atoms with Gasteiger partial charge in [-0.05, 0) is 12.1 Å². The van der Waals surface area contributed by atoms with E-state index in [4.69, 9.17) is 0 Å². The number of carbonyl (C=O) groups excluding carboxylic acids is 1. The highest BCUT2D eigenvalue weighted by molar-refractivity contribution is 7.91. The van der Waals surface area contributed by atoms with Gasteiger partial charge in [-0.1, -0.05) is 12.1 Å². The van der Waals surface area contributed by atoms with Crippen LogP contribution in [0, 0.1) is 5.82 Å². The van der Waals surface area contributed by atoms with E-state index in [-0.39, 0.29) is 35.7 Å². The van der Waals surface area contributed by atoms with Crippen LogP contribution in [0.1, 0.15) is 0 Å². The smallest absolute Gasteiger partial charge is 0.239 e. The molecule has 1 N–H and O–H groups in total. The van der Waals surface area contributed by atoms with Gasteiger partial charge in [-0.25, -0.2) is 12.8 Å². The molecule has 1 amide bonds. The summed E-state index contributed by atoms with van der Waals surface area (Å²) in [4.78, 5) is 13.2. The van der Waals surface area contributed by atoms with Gasteiger partial charge in [-0.15, -0.1) is 0 Å². The van der Waals surface area contributed by atoms with Crippen LogP contribution in [0.15, 0.2) is 24.3 Å². The molecule has 3 rings (SSSR count). The van der Waals surface area contributed by atoms with Crippen LogP contribution in [0.2, 0.25) is 0 Å². The summed E-state index contributed by atoms with van der Waals surface area (Å²) < 4.78 is 37.2. The van der Waals surface area contributed by atoms with Crippen LogP contribution < -0.4 is 10.2 Å². The zero-order valence-corrected chi connectivity index (χ0v) is 10.9. The van der Waals surface area contributed by atoms with E-state index in [1.54, 1.807) is 23.1 Å². The van der Waals surface area contributed by atoms with Gasteiger partial charge in [0.25, 0.3) is 0 Å². The van der Waals surface area contributed by atoms with Crippen LogP contribution in [-0.4, -0.2) is 44.5 Å². The highest BCUT2D eigenvalue weighted by Gasteiger charge is 2.45. The summed E-state index contributed by atoms with van der Waals surface area (Å²) in [6, 6.07) is 5.26. The third kappa shape index (κ3) is 2.18. The fraction of sp³-hybridized carbons (Fsp3) is 0.417. The van der Waals surface area contributed by atoms with E-state index in [9.17, 15) is 17.6 Å². The quantitative estimate of drug-likeness (QED) is 0.784. The Kier molecular flexibility index (Phi) is 2.74. The number of piperazine rings is 1. The van der Waals surface area contributed by atoms with Crippen molar-refractivity contribution in [1.29, 1.82) is 0 Å². The number of hydrogen-bond donors (Lipinski definition) is 1. The number of carbonyl (C=O) groups is 1. The van der Waals surface area contributed by atoms with Crippen molar-refractivity contribution < 1.29 is 17.6 Å². The Morgan fingerprint density at radius 2 is 2.00 bits per heavy atom. The molecule has 0 saturated carbocycles. The number of hydrogen-bond acceptors (Lipinski definition) is 4. The van der Waals surface area contributed by atoms with Crippen LogP contribution in [-0.2, 0) is 14.6 Å². The number of rotatable bonds is 1. The first-order valence-electron chi connectivity index (χ1n) is 5.97. The summed E-state index contributed by atoms with van der Waals surface area (Å²) >= 11 is 0. The minimum Gasteiger partial charge on any atom is -0.354 e. The number of fused-ring (bicyclic) bond motifs is 1. The van der Waals surface area contributed by atoms with Gasteiger partial charge in [0.2, 0.25) is 5.91 Å². The monoisotopic (exact) mass is 284 g/mol. The Hall–Kier alpha value is -1.63. The minimum absolute atomic E-state index is 0.0162. The molecule has 2 aliphatic rings. The number of nitrogens with one attached hydrogen (secondary N) is 1. The molecule has 19 heavy (non-hydrogen) atoms.